The maximum absolute atomic E-state index is 13.8. The van der Waals surface area contributed by atoms with Crippen LogP contribution in [0.5, 0.6) is 0 Å². The van der Waals surface area contributed by atoms with Crippen molar-refractivity contribution in [3.63, 3.8) is 0 Å². The van der Waals surface area contributed by atoms with Crippen LogP contribution >= 0.6 is 11.8 Å². The van der Waals surface area contributed by atoms with Crippen LogP contribution < -0.4 is 0 Å². The Bertz CT molecular complexity index is 788. The topological polar surface area (TPSA) is 87.2 Å². The van der Waals surface area contributed by atoms with Crippen molar-refractivity contribution in [1.29, 1.82) is 0 Å². The fourth-order valence-corrected chi connectivity index (χ4v) is 7.06. The Morgan fingerprint density at radius 3 is 2.69 bits per heavy atom. The van der Waals surface area contributed by atoms with Gasteiger partial charge in [-0.05, 0) is 27.2 Å². The Morgan fingerprint density at radius 1 is 1.24 bits per heavy atom. The maximum Gasteiger partial charge on any atom is 0.311 e. The number of hydrogen-bond acceptors (Lipinski definition) is 6. The lowest BCUT2D eigenvalue weighted by molar-refractivity contribution is -0.151. The van der Waals surface area contributed by atoms with Crippen LogP contribution in [0.1, 0.15) is 27.2 Å². The third-order valence-corrected chi connectivity index (χ3v) is 8.02. The van der Waals surface area contributed by atoms with Crippen LogP contribution in [-0.4, -0.2) is 80.6 Å². The molecule has 0 aromatic carbocycles. The summed E-state index contributed by atoms with van der Waals surface area (Å²) in [4.78, 5) is 43.5. The molecule has 1 unspecified atom stereocenters. The molecular formula is C21H28N2O5S. The summed E-state index contributed by atoms with van der Waals surface area (Å²) in [6.07, 6.45) is 8.11. The summed E-state index contributed by atoms with van der Waals surface area (Å²) in [5.41, 5.74) is -0.400. The van der Waals surface area contributed by atoms with Gasteiger partial charge in [0.15, 0.2) is 0 Å². The number of aliphatic hydroxyl groups excluding tert-OH is 1. The molecule has 4 aliphatic heterocycles. The van der Waals surface area contributed by atoms with E-state index in [-0.39, 0.29) is 36.2 Å². The van der Waals surface area contributed by atoms with Crippen LogP contribution in [-0.2, 0) is 19.1 Å². The zero-order valence-corrected chi connectivity index (χ0v) is 17.9. The molecule has 4 aliphatic rings. The second-order valence-corrected chi connectivity index (χ2v) is 10.5. The Morgan fingerprint density at radius 2 is 2.00 bits per heavy atom. The number of nitrogens with zero attached hydrogens (tertiary/aromatic N) is 2. The highest BCUT2D eigenvalue weighted by molar-refractivity contribution is 8.02. The number of carbonyl (C=O) groups is 3. The molecule has 0 saturated carbocycles. The largest absolute Gasteiger partial charge is 0.461 e. The number of rotatable bonds is 3. The van der Waals surface area contributed by atoms with Crippen LogP contribution in [0.2, 0.25) is 0 Å². The van der Waals surface area contributed by atoms with Crippen molar-refractivity contribution in [1.82, 2.24) is 9.80 Å². The van der Waals surface area contributed by atoms with Crippen LogP contribution in [0.4, 0.5) is 0 Å². The summed E-state index contributed by atoms with van der Waals surface area (Å²) in [5, 5.41) is 9.15. The summed E-state index contributed by atoms with van der Waals surface area (Å²) >= 11 is 1.54. The first-order valence-electron chi connectivity index (χ1n) is 10.1. The molecule has 2 amide bonds. The van der Waals surface area contributed by atoms with Crippen LogP contribution in [0.15, 0.2) is 24.3 Å². The average Bonchev–Trinajstić information content (AvgIpc) is 2.93. The summed E-state index contributed by atoms with van der Waals surface area (Å²) in [6.45, 7) is 6.85. The minimum atomic E-state index is -0.806. The highest BCUT2D eigenvalue weighted by atomic mass is 32.2. The molecule has 2 fully saturated rings. The first-order valence-corrected chi connectivity index (χ1v) is 11.0. The number of amides is 2. The summed E-state index contributed by atoms with van der Waals surface area (Å²) in [7, 11) is 0. The number of thioether (sulfide) groups is 1. The standard InChI is InChI=1S/C21H28N2O5S/c1-20(2,3)23-10-5-8-21-15(14-13(29-21)7-4-12-28-19(14)27)17(25)22(9-6-11-24)16(21)18(23)26/h4-5,7-8,13-16,24H,6,9-12H2,1-3H3/t13-,14+,15-,16?,21-/m0/s1. The second kappa shape index (κ2) is 7.16. The molecule has 0 aromatic heterocycles. The molecule has 1 spiro atoms. The first kappa shape index (κ1) is 20.5. The van der Waals surface area contributed by atoms with E-state index in [0.29, 0.717) is 19.5 Å². The first-order chi connectivity index (χ1) is 13.7. The van der Waals surface area contributed by atoms with Crippen LogP contribution in [0.25, 0.3) is 0 Å². The molecule has 4 heterocycles. The van der Waals surface area contributed by atoms with Gasteiger partial charge in [-0.15, -0.1) is 11.8 Å². The van der Waals surface area contributed by atoms with Crippen molar-refractivity contribution < 1.29 is 24.2 Å². The van der Waals surface area contributed by atoms with E-state index in [2.05, 4.69) is 0 Å². The van der Waals surface area contributed by atoms with Gasteiger partial charge >= 0.3 is 5.97 Å². The van der Waals surface area contributed by atoms with Crippen molar-refractivity contribution in [2.75, 3.05) is 26.3 Å². The minimum absolute atomic E-state index is 0.0643. The molecule has 29 heavy (non-hydrogen) atoms. The monoisotopic (exact) mass is 420 g/mol. The summed E-state index contributed by atoms with van der Waals surface area (Å²) in [5.74, 6) is -1.91. The van der Waals surface area contributed by atoms with Gasteiger partial charge < -0.3 is 19.6 Å². The predicted molar refractivity (Wildman–Crippen MR) is 109 cm³/mol. The fraction of sp³-hybridized carbons (Fsp3) is 0.667. The van der Waals surface area contributed by atoms with Crippen LogP contribution in [0, 0.1) is 11.8 Å². The quantitative estimate of drug-likeness (QED) is 0.541. The van der Waals surface area contributed by atoms with Crippen molar-refractivity contribution >= 4 is 29.5 Å². The van der Waals surface area contributed by atoms with E-state index in [1.807, 2.05) is 45.1 Å². The lowest BCUT2D eigenvalue weighted by atomic mass is 9.78. The Kier molecular flexibility index (Phi) is 5.06. The van der Waals surface area contributed by atoms with E-state index in [4.69, 9.17) is 4.74 Å². The third-order valence-electron chi connectivity index (χ3n) is 6.28. The molecular weight excluding hydrogens is 392 g/mol. The van der Waals surface area contributed by atoms with Crippen molar-refractivity contribution in [3.05, 3.63) is 24.3 Å². The fourth-order valence-electron chi connectivity index (χ4n) is 5.05. The van der Waals surface area contributed by atoms with Gasteiger partial charge in [0.2, 0.25) is 11.8 Å². The third kappa shape index (κ3) is 3.03. The molecule has 0 aliphatic carbocycles. The van der Waals surface area contributed by atoms with Gasteiger partial charge in [0.25, 0.3) is 0 Å². The van der Waals surface area contributed by atoms with E-state index in [1.54, 1.807) is 9.80 Å². The van der Waals surface area contributed by atoms with Crippen molar-refractivity contribution in [2.45, 2.75) is 48.8 Å². The van der Waals surface area contributed by atoms with E-state index >= 15 is 0 Å². The number of hydrogen-bond donors (Lipinski definition) is 1. The van der Waals surface area contributed by atoms with E-state index in [0.717, 1.165) is 0 Å². The number of carbonyl (C=O) groups excluding carboxylic acids is 3. The molecule has 7 nitrogen and oxygen atoms in total. The highest BCUT2D eigenvalue weighted by Crippen LogP contribution is 2.61. The summed E-state index contributed by atoms with van der Waals surface area (Å²) < 4.78 is 4.52. The van der Waals surface area contributed by atoms with Crippen LogP contribution in [0.3, 0.4) is 0 Å². The maximum atomic E-state index is 13.8. The van der Waals surface area contributed by atoms with Gasteiger partial charge in [-0.1, -0.05) is 24.3 Å². The number of likely N-dealkylation sites (tertiary alicyclic amines) is 1. The number of cyclic esters (lactones) is 1. The Labute approximate surface area is 175 Å². The zero-order valence-electron chi connectivity index (χ0n) is 17.0. The SMILES string of the molecule is CC(C)(C)N1CC=C[C@]23S[C@H]4C=CCOC(=O)[C@H]4[C@H]2C(=O)N(CCCO)C3C1=O. The van der Waals surface area contributed by atoms with Gasteiger partial charge in [-0.3, -0.25) is 14.4 Å². The Hall–Kier alpha value is -1.80. The van der Waals surface area contributed by atoms with E-state index < -0.39 is 28.2 Å². The van der Waals surface area contributed by atoms with Gasteiger partial charge in [0, 0.05) is 30.5 Å². The van der Waals surface area contributed by atoms with Gasteiger partial charge in [-0.25, -0.2) is 0 Å². The molecule has 158 valence electrons. The minimum Gasteiger partial charge on any atom is -0.461 e. The normalized spacial score (nSPS) is 36.5. The summed E-state index contributed by atoms with van der Waals surface area (Å²) in [6, 6.07) is -0.692. The van der Waals surface area contributed by atoms with Gasteiger partial charge in [0.05, 0.1) is 16.6 Å². The van der Waals surface area contributed by atoms with Gasteiger partial charge in [0.1, 0.15) is 12.6 Å². The smallest absolute Gasteiger partial charge is 0.311 e. The molecule has 1 N–H and O–H groups in total. The molecule has 0 radical (unpaired) electrons. The van der Waals surface area contributed by atoms with Crippen molar-refractivity contribution in [2.24, 2.45) is 11.8 Å². The van der Waals surface area contributed by atoms with E-state index in [1.165, 1.54) is 11.8 Å². The number of aliphatic hydroxyl groups is 1. The highest BCUT2D eigenvalue weighted by Gasteiger charge is 2.71. The Balaban J connectivity index is 1.83. The van der Waals surface area contributed by atoms with Gasteiger partial charge in [-0.2, -0.15) is 0 Å². The van der Waals surface area contributed by atoms with Crippen molar-refractivity contribution in [3.8, 4) is 0 Å². The molecule has 5 atom stereocenters. The molecule has 2 saturated heterocycles. The second-order valence-electron chi connectivity index (χ2n) is 9.03. The lowest BCUT2D eigenvalue weighted by Crippen LogP contribution is -2.57. The van der Waals surface area contributed by atoms with E-state index in [9.17, 15) is 19.5 Å². The molecule has 8 heteroatoms. The molecule has 0 bridgehead atoms. The average molecular weight is 421 g/mol. The number of esters is 1. The predicted octanol–water partition coefficient (Wildman–Crippen LogP) is 0.976. The number of fused-ring (bicyclic) bond motifs is 2. The lowest BCUT2D eigenvalue weighted by Gasteiger charge is -2.40. The molecule has 0 aromatic rings. The molecule has 4 rings (SSSR count). The zero-order chi connectivity index (χ0) is 21.0. The number of ether oxygens (including phenoxy) is 1.